The van der Waals surface area contributed by atoms with Gasteiger partial charge in [0.25, 0.3) is 5.91 Å². The fraction of sp³-hybridized carbons (Fsp3) is 0.458. The zero-order valence-corrected chi connectivity index (χ0v) is 16.8. The summed E-state index contributed by atoms with van der Waals surface area (Å²) in [4.78, 5) is 12.4. The van der Waals surface area contributed by atoms with E-state index in [1.54, 1.807) is 0 Å². The lowest BCUT2D eigenvalue weighted by molar-refractivity contribution is 0.0927. The van der Waals surface area contributed by atoms with Gasteiger partial charge >= 0.3 is 0 Å². The first-order chi connectivity index (χ1) is 13.5. The monoisotopic (exact) mass is 379 g/mol. The Bertz CT molecular complexity index is 835. The van der Waals surface area contributed by atoms with E-state index in [-0.39, 0.29) is 11.5 Å². The van der Waals surface area contributed by atoms with Crippen molar-refractivity contribution < 1.29 is 14.3 Å². The molecule has 1 fully saturated rings. The molecule has 0 radical (unpaired) electrons. The SMILES string of the molecule is CC1(C)Cc2cccc(OCc3ccc(C(=O)NC4CCCCC4)cc3)c2O1. The van der Waals surface area contributed by atoms with E-state index in [1.807, 2.05) is 36.4 Å². The number of benzene rings is 2. The van der Waals surface area contributed by atoms with E-state index in [9.17, 15) is 4.79 Å². The number of rotatable bonds is 5. The Morgan fingerprint density at radius 2 is 1.86 bits per heavy atom. The van der Waals surface area contributed by atoms with Crippen LogP contribution in [0.25, 0.3) is 0 Å². The second-order valence-electron chi connectivity index (χ2n) is 8.58. The lowest BCUT2D eigenvalue weighted by Gasteiger charge is -2.22. The van der Waals surface area contributed by atoms with Crippen LogP contribution < -0.4 is 14.8 Å². The molecule has 4 nitrogen and oxygen atoms in total. The zero-order chi connectivity index (χ0) is 19.6. The third-order valence-electron chi connectivity index (χ3n) is 5.61. The third-order valence-corrected chi connectivity index (χ3v) is 5.61. The van der Waals surface area contributed by atoms with Crippen LogP contribution in [-0.2, 0) is 13.0 Å². The van der Waals surface area contributed by atoms with Gasteiger partial charge in [0.15, 0.2) is 11.5 Å². The van der Waals surface area contributed by atoms with Crippen LogP contribution in [0.2, 0.25) is 0 Å². The molecule has 2 aromatic rings. The van der Waals surface area contributed by atoms with Crippen LogP contribution in [0.15, 0.2) is 42.5 Å². The second-order valence-corrected chi connectivity index (χ2v) is 8.58. The highest BCUT2D eigenvalue weighted by Crippen LogP contribution is 2.41. The fourth-order valence-corrected chi connectivity index (χ4v) is 4.13. The lowest BCUT2D eigenvalue weighted by atomic mass is 9.95. The molecule has 148 valence electrons. The van der Waals surface area contributed by atoms with Gasteiger partial charge in [0.1, 0.15) is 12.2 Å². The van der Waals surface area contributed by atoms with Gasteiger partial charge in [0.05, 0.1) is 0 Å². The summed E-state index contributed by atoms with van der Waals surface area (Å²) in [5.41, 5.74) is 2.75. The van der Waals surface area contributed by atoms with E-state index in [0.29, 0.717) is 18.2 Å². The molecule has 0 spiro atoms. The van der Waals surface area contributed by atoms with E-state index < -0.39 is 0 Å². The maximum absolute atomic E-state index is 12.4. The predicted molar refractivity (Wildman–Crippen MR) is 110 cm³/mol. The van der Waals surface area contributed by atoms with Crippen molar-refractivity contribution in [1.82, 2.24) is 5.32 Å². The van der Waals surface area contributed by atoms with Gasteiger partial charge in [-0.2, -0.15) is 0 Å². The zero-order valence-electron chi connectivity index (χ0n) is 16.8. The molecule has 0 aromatic heterocycles. The van der Waals surface area contributed by atoms with E-state index >= 15 is 0 Å². The molecule has 0 unspecified atom stereocenters. The Hall–Kier alpha value is -2.49. The first-order valence-corrected chi connectivity index (χ1v) is 10.3. The highest BCUT2D eigenvalue weighted by molar-refractivity contribution is 5.94. The molecule has 2 aliphatic rings. The number of ether oxygens (including phenoxy) is 2. The molecule has 1 amide bonds. The van der Waals surface area contributed by atoms with Crippen molar-refractivity contribution in [2.45, 2.75) is 70.6 Å². The highest BCUT2D eigenvalue weighted by atomic mass is 16.5. The molecule has 0 atom stereocenters. The topological polar surface area (TPSA) is 47.6 Å². The van der Waals surface area contributed by atoms with E-state index in [0.717, 1.165) is 36.3 Å². The Morgan fingerprint density at radius 1 is 1.11 bits per heavy atom. The van der Waals surface area contributed by atoms with E-state index in [2.05, 4.69) is 25.2 Å². The lowest BCUT2D eigenvalue weighted by Crippen LogP contribution is -2.36. The second kappa shape index (κ2) is 7.86. The highest BCUT2D eigenvalue weighted by Gasteiger charge is 2.32. The molecular weight excluding hydrogens is 350 g/mol. The molecule has 4 rings (SSSR count). The van der Waals surface area contributed by atoms with Gasteiger partial charge in [-0.1, -0.05) is 43.5 Å². The van der Waals surface area contributed by atoms with Crippen LogP contribution in [0.4, 0.5) is 0 Å². The van der Waals surface area contributed by atoms with Crippen molar-refractivity contribution in [3.05, 3.63) is 59.2 Å². The summed E-state index contributed by atoms with van der Waals surface area (Å²) >= 11 is 0. The summed E-state index contributed by atoms with van der Waals surface area (Å²) in [6, 6.07) is 14.1. The number of carbonyl (C=O) groups is 1. The summed E-state index contributed by atoms with van der Waals surface area (Å²) in [5.74, 6) is 1.66. The number of amides is 1. The molecule has 1 N–H and O–H groups in total. The summed E-state index contributed by atoms with van der Waals surface area (Å²) in [6.07, 6.45) is 6.80. The number of para-hydroxylation sites is 1. The van der Waals surface area contributed by atoms with E-state index in [4.69, 9.17) is 9.47 Å². The molecule has 4 heteroatoms. The van der Waals surface area contributed by atoms with Gasteiger partial charge in [0.2, 0.25) is 0 Å². The molecule has 1 aliphatic carbocycles. The van der Waals surface area contributed by atoms with Gasteiger partial charge < -0.3 is 14.8 Å². The van der Waals surface area contributed by atoms with Crippen molar-refractivity contribution >= 4 is 5.91 Å². The maximum atomic E-state index is 12.4. The Labute approximate surface area is 167 Å². The largest absolute Gasteiger partial charge is 0.485 e. The Morgan fingerprint density at radius 3 is 2.61 bits per heavy atom. The van der Waals surface area contributed by atoms with Crippen LogP contribution in [0, 0.1) is 0 Å². The molecule has 1 heterocycles. The number of nitrogens with one attached hydrogen (secondary N) is 1. The molecule has 28 heavy (non-hydrogen) atoms. The number of carbonyl (C=O) groups excluding carboxylic acids is 1. The van der Waals surface area contributed by atoms with Gasteiger partial charge in [0, 0.05) is 23.6 Å². The van der Waals surface area contributed by atoms with Crippen molar-refractivity contribution in [2.24, 2.45) is 0 Å². The van der Waals surface area contributed by atoms with Crippen LogP contribution in [0.1, 0.15) is 67.4 Å². The van der Waals surface area contributed by atoms with Crippen molar-refractivity contribution in [3.63, 3.8) is 0 Å². The van der Waals surface area contributed by atoms with Gasteiger partial charge in [-0.3, -0.25) is 4.79 Å². The molecule has 0 bridgehead atoms. The molecule has 1 saturated carbocycles. The van der Waals surface area contributed by atoms with Crippen LogP contribution in [0.5, 0.6) is 11.5 Å². The van der Waals surface area contributed by atoms with E-state index in [1.165, 1.54) is 24.8 Å². The fourth-order valence-electron chi connectivity index (χ4n) is 4.13. The molecule has 1 aliphatic heterocycles. The minimum atomic E-state index is -0.185. The molecular formula is C24H29NO3. The van der Waals surface area contributed by atoms with Gasteiger partial charge in [-0.05, 0) is 50.5 Å². The third kappa shape index (κ3) is 4.32. The van der Waals surface area contributed by atoms with Crippen molar-refractivity contribution in [2.75, 3.05) is 0 Å². The van der Waals surface area contributed by atoms with Gasteiger partial charge in [-0.25, -0.2) is 0 Å². The standard InChI is InChI=1S/C24H29NO3/c1-24(2)15-19-7-6-10-21(22(19)28-24)27-16-17-11-13-18(14-12-17)23(26)25-20-8-4-3-5-9-20/h6-7,10-14,20H,3-5,8-9,15-16H2,1-2H3,(H,25,26). The quantitative estimate of drug-likeness (QED) is 0.791. The number of hydrogen-bond donors (Lipinski definition) is 1. The van der Waals surface area contributed by atoms with Gasteiger partial charge in [-0.15, -0.1) is 0 Å². The maximum Gasteiger partial charge on any atom is 0.251 e. The number of fused-ring (bicyclic) bond motifs is 1. The average molecular weight is 380 g/mol. The van der Waals surface area contributed by atoms with Crippen molar-refractivity contribution in [3.8, 4) is 11.5 Å². The normalized spacial score (nSPS) is 18.2. The molecule has 0 saturated heterocycles. The smallest absolute Gasteiger partial charge is 0.251 e. The van der Waals surface area contributed by atoms with Crippen LogP contribution in [-0.4, -0.2) is 17.6 Å². The van der Waals surface area contributed by atoms with Crippen LogP contribution in [0.3, 0.4) is 0 Å². The first-order valence-electron chi connectivity index (χ1n) is 10.3. The Balaban J connectivity index is 1.36. The number of hydrogen-bond acceptors (Lipinski definition) is 3. The summed E-state index contributed by atoms with van der Waals surface area (Å²) in [6.45, 7) is 4.63. The minimum absolute atomic E-state index is 0.0240. The minimum Gasteiger partial charge on any atom is -0.485 e. The summed E-state index contributed by atoms with van der Waals surface area (Å²) < 4.78 is 12.1. The predicted octanol–water partition coefficient (Wildman–Crippen LogP) is 5.04. The molecule has 2 aromatic carbocycles. The average Bonchev–Trinajstić information content (AvgIpc) is 3.02. The Kier molecular flexibility index (Phi) is 5.29. The van der Waals surface area contributed by atoms with Crippen LogP contribution >= 0.6 is 0 Å². The van der Waals surface area contributed by atoms with Crippen molar-refractivity contribution in [1.29, 1.82) is 0 Å². The summed E-state index contributed by atoms with van der Waals surface area (Å²) in [5, 5.41) is 3.16. The first kappa shape index (κ1) is 18.9. The summed E-state index contributed by atoms with van der Waals surface area (Å²) in [7, 11) is 0.